The highest BCUT2D eigenvalue weighted by molar-refractivity contribution is 6.30. The van der Waals surface area contributed by atoms with Crippen LogP contribution in [-0.4, -0.2) is 45.7 Å². The first kappa shape index (κ1) is 68.5. The van der Waals surface area contributed by atoms with E-state index in [0.29, 0.717) is 6.42 Å². The minimum atomic E-state index is -0.792. The van der Waals surface area contributed by atoms with Crippen molar-refractivity contribution in [2.45, 2.75) is 33.7 Å². The number of nitrogens with one attached hydrogen (secondary N) is 4. The number of hydrogen-bond donors (Lipinski definition) is 8. The zero-order valence-corrected chi connectivity index (χ0v) is 53.7. The maximum absolute atomic E-state index is 13.3. The Labute approximate surface area is 568 Å². The molecule has 13 rings (SSSR count). The molecule has 0 fully saturated rings. The lowest BCUT2D eigenvalue weighted by atomic mass is 9.83. The number of rotatable bonds is 11. The number of phenols is 1. The Bertz CT molecular complexity index is 6420. The summed E-state index contributed by atoms with van der Waals surface area (Å²) in [4.78, 5) is 175. The molecule has 8 aromatic rings. The standard InChI is InChI=1S/C29H20N4O5.2C22H14N4O6/c1-16-24(30-2)28(37)33(15-14-17-8-4-3-5-9-17)29(38)25(16)32-31-20-12-6-10-18-22(20)27(36)23-19(26(18)35)11-7-13-21(23)34;2*1-9-17(23-2)21(31)26(3)22(32)18(9)25-24-11-6-4-5-10-14(11)20(30)16-13(28)8-7-12(27)15(16)19(10)29/h3-13,34,37H,14-15H2,1H3;2*4-8,24-25,31H,1,3H3. The van der Waals surface area contributed by atoms with Crippen LogP contribution in [0.4, 0.5) is 51.2 Å². The number of anilines is 4. The van der Waals surface area contributed by atoms with Crippen LogP contribution in [-0.2, 0) is 27.1 Å². The maximum atomic E-state index is 13.3. The smallest absolute Gasteiger partial charge is 0.279 e. The van der Waals surface area contributed by atoms with E-state index in [1.165, 1.54) is 102 Å². The van der Waals surface area contributed by atoms with Crippen LogP contribution >= 0.6 is 0 Å². The van der Waals surface area contributed by atoms with Crippen LogP contribution in [0.2, 0.25) is 0 Å². The molecule has 29 heteroatoms. The second-order valence-electron chi connectivity index (χ2n) is 22.9. The molecule has 0 unspecified atom stereocenters. The van der Waals surface area contributed by atoms with Crippen molar-refractivity contribution < 1.29 is 30.0 Å². The van der Waals surface area contributed by atoms with Crippen molar-refractivity contribution >= 4 is 84.3 Å². The third kappa shape index (κ3) is 11.5. The number of hydrazine groups is 2. The number of phenolic OH excluding ortho intramolecular Hbond substituents is 1. The van der Waals surface area contributed by atoms with Crippen molar-refractivity contribution in [2.75, 3.05) is 21.7 Å². The minimum absolute atomic E-state index is 0.0295. The first-order valence-corrected chi connectivity index (χ1v) is 30.2. The maximum Gasteiger partial charge on any atom is 0.279 e. The highest BCUT2D eigenvalue weighted by atomic mass is 16.3. The van der Waals surface area contributed by atoms with E-state index in [1.54, 1.807) is 6.07 Å². The summed E-state index contributed by atoms with van der Waals surface area (Å²) in [7, 11) is 2.58. The SMILES string of the molecule is [C-]#[N+]c1c(C)c(N=Nc2cccc3c2C(=O)c2c(O)cccc2C3=O)c(=O)n(CCc2ccccc2)c1O.[C-]#[N+]c1c(C)c(NNc2cccc3c(=O)c4c(=O)ccc(=O)c=4c(=O)c23)c(=O)n(C)c1O.[C-]#[N+]c1c(C)c(NNc2cccc3c(=O)c4c(=O)ccc(=O)c=4c(=O)c23)c(=O)n(C)c1O. The minimum Gasteiger partial charge on any atom is -0.507 e. The number of pyridine rings is 3. The second-order valence-corrected chi connectivity index (χ2v) is 22.9. The number of benzene rings is 5. The Morgan fingerprint density at radius 2 is 0.843 bits per heavy atom. The van der Waals surface area contributed by atoms with Gasteiger partial charge in [-0.1, -0.05) is 78.9 Å². The summed E-state index contributed by atoms with van der Waals surface area (Å²) >= 11 is 0. The van der Waals surface area contributed by atoms with Crippen LogP contribution in [0.15, 0.2) is 190 Å². The molecule has 5 aliphatic rings. The summed E-state index contributed by atoms with van der Waals surface area (Å²) in [5.41, 5.74) is 3.69. The van der Waals surface area contributed by atoms with Crippen LogP contribution in [0.5, 0.6) is 23.4 Å². The molecule has 29 nitrogen and oxygen atoms in total. The van der Waals surface area contributed by atoms with Gasteiger partial charge in [-0.05, 0) is 98.0 Å². The second kappa shape index (κ2) is 26.9. The van der Waals surface area contributed by atoms with Crippen LogP contribution in [0.1, 0.15) is 54.1 Å². The van der Waals surface area contributed by atoms with Gasteiger partial charge < -0.3 is 20.4 Å². The molecule has 0 radical (unpaired) electrons. The predicted molar refractivity (Wildman–Crippen MR) is 376 cm³/mol. The molecular formula is C73H48N12O17. The van der Waals surface area contributed by atoms with Gasteiger partial charge in [0.15, 0.2) is 61.8 Å². The zero-order chi connectivity index (χ0) is 73.6. The van der Waals surface area contributed by atoms with Gasteiger partial charge in [0.25, 0.3) is 16.7 Å². The van der Waals surface area contributed by atoms with Crippen LogP contribution in [0, 0.1) is 61.4 Å². The topological polar surface area (TPSA) is 404 Å². The third-order valence-corrected chi connectivity index (χ3v) is 17.2. The average molecular weight is 1370 g/mol. The van der Waals surface area contributed by atoms with Gasteiger partial charge in [-0.2, -0.15) is 0 Å². The van der Waals surface area contributed by atoms with Crippen LogP contribution in [0.3, 0.4) is 0 Å². The molecule has 8 N–H and O–H groups in total. The number of aromatic hydroxyl groups is 4. The van der Waals surface area contributed by atoms with E-state index in [-0.39, 0.29) is 124 Å². The van der Waals surface area contributed by atoms with E-state index in [1.807, 2.05) is 30.3 Å². The van der Waals surface area contributed by atoms with Gasteiger partial charge in [-0.3, -0.25) is 97.7 Å². The first-order chi connectivity index (χ1) is 48.7. The van der Waals surface area contributed by atoms with Crippen molar-refractivity contribution in [1.29, 1.82) is 0 Å². The highest BCUT2D eigenvalue weighted by Crippen LogP contribution is 2.40. The number of carbonyl (C=O) groups excluding carboxylic acids is 2. The molecule has 0 saturated heterocycles. The lowest BCUT2D eigenvalue weighted by Crippen LogP contribution is -2.29. The number of fused-ring (bicyclic) bond motifs is 4. The number of nitrogens with zero attached hydrogens (tertiary/aromatic N) is 8. The Balaban J connectivity index is 0.000000155. The van der Waals surface area contributed by atoms with E-state index in [0.717, 1.165) is 43.5 Å². The lowest BCUT2D eigenvalue weighted by Gasteiger charge is -2.19. The van der Waals surface area contributed by atoms with Gasteiger partial charge in [-0.25, -0.2) is 14.5 Å². The molecule has 5 aliphatic carbocycles. The molecule has 5 aromatic carbocycles. The van der Waals surface area contributed by atoms with Crippen LogP contribution < -0.4 is 81.8 Å². The number of ketones is 2. The fourth-order valence-corrected chi connectivity index (χ4v) is 11.8. The monoisotopic (exact) mass is 1360 g/mol. The van der Waals surface area contributed by atoms with Gasteiger partial charge in [0, 0.05) is 42.5 Å². The van der Waals surface area contributed by atoms with Gasteiger partial charge in [0.2, 0.25) is 27.9 Å². The molecule has 3 heterocycles. The highest BCUT2D eigenvalue weighted by Gasteiger charge is 2.34. The number of aromatic nitrogens is 3. The number of azo groups is 1. The van der Waals surface area contributed by atoms with Gasteiger partial charge in [-0.15, -0.1) is 10.2 Å². The molecule has 3 aromatic heterocycles. The van der Waals surface area contributed by atoms with E-state index in [2.05, 4.69) is 46.5 Å². The number of aryl methyl sites for hydroxylation is 1. The average Bonchev–Trinajstić information content (AvgIpc) is 0.733. The number of carbonyl (C=O) groups is 2. The largest absolute Gasteiger partial charge is 0.507 e. The lowest BCUT2D eigenvalue weighted by molar-refractivity contribution is 0.0977. The predicted octanol–water partition coefficient (Wildman–Crippen LogP) is 6.72. The van der Waals surface area contributed by atoms with E-state index in [9.17, 15) is 82.8 Å². The summed E-state index contributed by atoms with van der Waals surface area (Å²) in [6, 6.07) is 30.5. The van der Waals surface area contributed by atoms with E-state index in [4.69, 9.17) is 19.7 Å². The van der Waals surface area contributed by atoms with Crippen molar-refractivity contribution in [3.8, 4) is 23.4 Å². The first-order valence-electron chi connectivity index (χ1n) is 30.2. The van der Waals surface area contributed by atoms with Gasteiger partial charge in [0.05, 0.1) is 79.6 Å². The van der Waals surface area contributed by atoms with Gasteiger partial charge in [0.1, 0.15) is 22.8 Å². The van der Waals surface area contributed by atoms with Crippen molar-refractivity contribution in [3.63, 3.8) is 0 Å². The quantitative estimate of drug-likeness (QED) is 0.0378. The Kier molecular flexibility index (Phi) is 18.1. The number of hydrogen-bond acceptors (Lipinski definition) is 23. The molecule has 0 saturated carbocycles. The van der Waals surface area contributed by atoms with Crippen molar-refractivity contribution in [3.05, 3.63) is 340 Å². The Morgan fingerprint density at radius 3 is 1.30 bits per heavy atom. The van der Waals surface area contributed by atoms with Crippen molar-refractivity contribution in [2.24, 2.45) is 24.3 Å². The normalized spacial score (nSPS) is 11.4. The molecule has 102 heavy (non-hydrogen) atoms. The molecular weight excluding hydrogens is 1320 g/mol. The Hall–Kier alpha value is -14.9. The van der Waals surface area contributed by atoms with Gasteiger partial charge >= 0.3 is 0 Å². The fourth-order valence-electron chi connectivity index (χ4n) is 11.8. The molecule has 0 bridgehead atoms. The van der Waals surface area contributed by atoms with E-state index >= 15 is 0 Å². The summed E-state index contributed by atoms with van der Waals surface area (Å²) in [6.07, 6.45) is 0.428. The molecule has 502 valence electrons. The summed E-state index contributed by atoms with van der Waals surface area (Å²) in [5.74, 6) is -2.79. The Morgan fingerprint density at radius 1 is 0.422 bits per heavy atom. The molecule has 0 amide bonds. The molecule has 0 atom stereocenters. The summed E-state index contributed by atoms with van der Waals surface area (Å²) < 4.78 is 2.84. The third-order valence-electron chi connectivity index (χ3n) is 17.2. The van der Waals surface area contributed by atoms with Crippen LogP contribution in [0.25, 0.3) is 36.1 Å². The fraction of sp³-hybridized carbons (Fsp3) is 0.0959. The molecule has 0 aliphatic heterocycles. The van der Waals surface area contributed by atoms with E-state index < -0.39 is 110 Å². The van der Waals surface area contributed by atoms with Crippen molar-refractivity contribution in [1.82, 2.24) is 13.7 Å². The summed E-state index contributed by atoms with van der Waals surface area (Å²) in [5, 5.41) is 46.9. The molecule has 0 spiro atoms. The zero-order valence-electron chi connectivity index (χ0n) is 53.7. The summed E-state index contributed by atoms with van der Waals surface area (Å²) in [6.45, 7) is 26.5.